The Kier molecular flexibility index (Phi) is 5.80. The first-order valence-corrected chi connectivity index (χ1v) is 8.11. The van der Waals surface area contributed by atoms with Crippen LogP contribution < -0.4 is 10.1 Å². The highest BCUT2D eigenvalue weighted by molar-refractivity contribution is 5.97. The third-order valence-electron chi connectivity index (χ3n) is 3.99. The molecule has 5 nitrogen and oxygen atoms in total. The summed E-state index contributed by atoms with van der Waals surface area (Å²) in [4.78, 5) is 23.1. The van der Waals surface area contributed by atoms with E-state index in [-0.39, 0.29) is 18.6 Å². The van der Waals surface area contributed by atoms with Crippen molar-refractivity contribution in [2.75, 3.05) is 6.61 Å². The summed E-state index contributed by atoms with van der Waals surface area (Å²) < 4.78 is 5.11. The second-order valence-electron chi connectivity index (χ2n) is 6.22. The molecule has 0 fully saturated rings. The zero-order chi connectivity index (χ0) is 18.6. The Morgan fingerprint density at radius 2 is 1.64 bits per heavy atom. The minimum atomic E-state index is -1.02. The number of hydrogen-bond acceptors (Lipinski definition) is 3. The number of ether oxygens (including phenoxy) is 1. The third-order valence-corrected chi connectivity index (χ3v) is 3.99. The maximum atomic E-state index is 12.6. The molecule has 2 rings (SSSR count). The van der Waals surface area contributed by atoms with Gasteiger partial charge in [0.25, 0.3) is 5.91 Å². The lowest BCUT2D eigenvalue weighted by Gasteiger charge is -2.17. The summed E-state index contributed by atoms with van der Waals surface area (Å²) in [6, 6.07) is 10.9. The van der Waals surface area contributed by atoms with E-state index in [4.69, 9.17) is 9.84 Å². The van der Waals surface area contributed by atoms with Crippen molar-refractivity contribution in [1.82, 2.24) is 5.32 Å². The lowest BCUT2D eigenvalue weighted by molar-refractivity contribution is -0.139. The number of aliphatic carboxylic acids is 1. The number of benzene rings is 2. The molecule has 132 valence electrons. The monoisotopic (exact) mass is 341 g/mol. The molecule has 1 atom stereocenters. The molecule has 2 N–H and O–H groups in total. The summed E-state index contributed by atoms with van der Waals surface area (Å²) in [5.74, 6) is -0.642. The van der Waals surface area contributed by atoms with Crippen LogP contribution in [0.25, 0.3) is 0 Å². The molecule has 0 aliphatic rings. The van der Waals surface area contributed by atoms with E-state index in [9.17, 15) is 9.59 Å². The Morgan fingerprint density at radius 3 is 2.16 bits per heavy atom. The van der Waals surface area contributed by atoms with Gasteiger partial charge in [0.05, 0.1) is 6.04 Å². The molecule has 2 aromatic carbocycles. The van der Waals surface area contributed by atoms with Gasteiger partial charge in [-0.15, -0.1) is 0 Å². The van der Waals surface area contributed by atoms with Crippen LogP contribution in [0, 0.1) is 20.8 Å². The van der Waals surface area contributed by atoms with Crippen molar-refractivity contribution in [3.05, 3.63) is 64.2 Å². The summed E-state index contributed by atoms with van der Waals surface area (Å²) in [6.45, 7) is 7.42. The number of carboxylic acids is 1. The van der Waals surface area contributed by atoms with E-state index < -0.39 is 5.97 Å². The molecule has 5 heteroatoms. The zero-order valence-corrected chi connectivity index (χ0v) is 14.9. The van der Waals surface area contributed by atoms with Crippen LogP contribution in [-0.4, -0.2) is 23.6 Å². The molecule has 0 aliphatic carbocycles. The molecule has 1 amide bonds. The quantitative estimate of drug-likeness (QED) is 0.842. The van der Waals surface area contributed by atoms with Crippen LogP contribution in [0.2, 0.25) is 0 Å². The fourth-order valence-corrected chi connectivity index (χ4v) is 2.89. The number of amides is 1. The lowest BCUT2D eigenvalue weighted by atomic mass is 9.98. The highest BCUT2D eigenvalue weighted by atomic mass is 16.5. The topological polar surface area (TPSA) is 75.6 Å². The van der Waals surface area contributed by atoms with Gasteiger partial charge in [0.15, 0.2) is 6.61 Å². The van der Waals surface area contributed by atoms with Crippen molar-refractivity contribution in [2.24, 2.45) is 0 Å². The number of nitrogens with one attached hydrogen (secondary N) is 1. The van der Waals surface area contributed by atoms with Gasteiger partial charge in [0, 0.05) is 5.56 Å². The van der Waals surface area contributed by atoms with E-state index in [1.807, 2.05) is 52.0 Å². The van der Waals surface area contributed by atoms with Gasteiger partial charge >= 0.3 is 5.97 Å². The first-order chi connectivity index (χ1) is 11.8. The number of rotatable bonds is 6. The Balaban J connectivity index is 2.07. The lowest BCUT2D eigenvalue weighted by Crippen LogP contribution is -2.28. The van der Waals surface area contributed by atoms with Crippen LogP contribution in [0.3, 0.4) is 0 Å². The van der Waals surface area contributed by atoms with Crippen LogP contribution in [0.5, 0.6) is 5.75 Å². The molecule has 0 spiro atoms. The molecule has 0 heterocycles. The average molecular weight is 341 g/mol. The second kappa shape index (κ2) is 7.83. The second-order valence-corrected chi connectivity index (χ2v) is 6.22. The fraction of sp³-hybridized carbons (Fsp3) is 0.300. The molecule has 25 heavy (non-hydrogen) atoms. The Bertz CT molecular complexity index is 758. The van der Waals surface area contributed by atoms with E-state index in [1.165, 1.54) is 0 Å². The predicted molar refractivity (Wildman–Crippen MR) is 96.1 cm³/mol. The van der Waals surface area contributed by atoms with Crippen molar-refractivity contribution in [3.63, 3.8) is 0 Å². The number of aryl methyl sites for hydroxylation is 3. The fourth-order valence-electron chi connectivity index (χ4n) is 2.89. The summed E-state index contributed by atoms with van der Waals surface area (Å²) in [5, 5.41) is 11.6. The molecule has 0 bridgehead atoms. The smallest absolute Gasteiger partial charge is 0.341 e. The van der Waals surface area contributed by atoms with Crippen LogP contribution in [0.4, 0.5) is 0 Å². The van der Waals surface area contributed by atoms with Crippen LogP contribution in [-0.2, 0) is 4.79 Å². The summed E-state index contributed by atoms with van der Waals surface area (Å²) in [7, 11) is 0. The number of carboxylic acid groups (broad SMARTS) is 1. The summed E-state index contributed by atoms with van der Waals surface area (Å²) >= 11 is 0. The number of carbonyl (C=O) groups is 2. The van der Waals surface area contributed by atoms with Gasteiger partial charge in [-0.05, 0) is 56.5 Å². The van der Waals surface area contributed by atoms with Crippen LogP contribution >= 0.6 is 0 Å². The van der Waals surface area contributed by atoms with Gasteiger partial charge < -0.3 is 15.2 Å². The van der Waals surface area contributed by atoms with E-state index in [2.05, 4.69) is 5.32 Å². The first-order valence-electron chi connectivity index (χ1n) is 8.11. The standard InChI is InChI=1S/C20H23NO4/c1-12-9-13(2)19(14(3)10-12)20(24)21-15(4)16-5-7-17(8-6-16)25-11-18(22)23/h5-10,15H,11H2,1-4H3,(H,21,24)(H,22,23). The molecule has 0 radical (unpaired) electrons. The van der Waals surface area contributed by atoms with Gasteiger partial charge in [0.1, 0.15) is 5.75 Å². The molecular weight excluding hydrogens is 318 g/mol. The molecule has 0 aromatic heterocycles. The predicted octanol–water partition coefficient (Wildman–Crippen LogP) is 3.57. The number of carbonyl (C=O) groups excluding carboxylic acids is 1. The molecule has 2 aromatic rings. The van der Waals surface area contributed by atoms with E-state index in [1.54, 1.807) is 12.1 Å². The highest BCUT2D eigenvalue weighted by Gasteiger charge is 2.16. The molecular formula is C20H23NO4. The molecule has 0 saturated carbocycles. The van der Waals surface area contributed by atoms with E-state index in [0.29, 0.717) is 11.3 Å². The molecule has 1 unspecified atom stereocenters. The summed E-state index contributed by atoms with van der Waals surface area (Å²) in [6.07, 6.45) is 0. The number of hydrogen-bond donors (Lipinski definition) is 2. The Morgan fingerprint density at radius 1 is 1.08 bits per heavy atom. The third kappa shape index (κ3) is 4.83. The highest BCUT2D eigenvalue weighted by Crippen LogP contribution is 2.20. The maximum absolute atomic E-state index is 12.6. The van der Waals surface area contributed by atoms with Gasteiger partial charge in [0.2, 0.25) is 0 Å². The van der Waals surface area contributed by atoms with Gasteiger partial charge in [-0.3, -0.25) is 4.79 Å². The zero-order valence-electron chi connectivity index (χ0n) is 14.9. The summed E-state index contributed by atoms with van der Waals surface area (Å²) in [5.41, 5.74) is 4.67. The maximum Gasteiger partial charge on any atom is 0.341 e. The van der Waals surface area contributed by atoms with Gasteiger partial charge in [-0.2, -0.15) is 0 Å². The van der Waals surface area contributed by atoms with Crippen molar-refractivity contribution >= 4 is 11.9 Å². The van der Waals surface area contributed by atoms with Crippen LogP contribution in [0.15, 0.2) is 36.4 Å². The van der Waals surface area contributed by atoms with E-state index in [0.717, 1.165) is 22.3 Å². The van der Waals surface area contributed by atoms with Gasteiger partial charge in [-0.25, -0.2) is 4.79 Å². The average Bonchev–Trinajstić information content (AvgIpc) is 2.52. The van der Waals surface area contributed by atoms with Crippen molar-refractivity contribution < 1.29 is 19.4 Å². The largest absolute Gasteiger partial charge is 0.482 e. The van der Waals surface area contributed by atoms with E-state index >= 15 is 0 Å². The van der Waals surface area contributed by atoms with Crippen molar-refractivity contribution in [2.45, 2.75) is 33.7 Å². The van der Waals surface area contributed by atoms with Crippen LogP contribution in [0.1, 0.15) is 45.6 Å². The minimum absolute atomic E-state index is 0.103. The molecule has 0 saturated heterocycles. The van der Waals surface area contributed by atoms with Crippen molar-refractivity contribution in [1.29, 1.82) is 0 Å². The van der Waals surface area contributed by atoms with Gasteiger partial charge in [-0.1, -0.05) is 29.8 Å². The normalized spacial score (nSPS) is 11.7. The minimum Gasteiger partial charge on any atom is -0.482 e. The first kappa shape index (κ1) is 18.5. The Labute approximate surface area is 147 Å². The van der Waals surface area contributed by atoms with Crippen molar-refractivity contribution in [3.8, 4) is 5.75 Å². The SMILES string of the molecule is Cc1cc(C)c(C(=O)NC(C)c2ccc(OCC(=O)O)cc2)c(C)c1. The Hall–Kier alpha value is -2.82. The molecule has 0 aliphatic heterocycles.